The molecule has 0 fully saturated rings. The van der Waals surface area contributed by atoms with E-state index in [9.17, 15) is 0 Å². The van der Waals surface area contributed by atoms with E-state index < -0.39 is 0 Å². The molecule has 0 aliphatic rings. The van der Waals surface area contributed by atoms with Gasteiger partial charge in [0.05, 0.1) is 10.7 Å². The zero-order chi connectivity index (χ0) is 14.5. The molecule has 1 N–H and O–H groups in total. The van der Waals surface area contributed by atoms with Crippen LogP contribution in [0.25, 0.3) is 0 Å². The molecule has 106 valence electrons. The van der Waals surface area contributed by atoms with Crippen LogP contribution in [0.2, 0.25) is 5.02 Å². The van der Waals surface area contributed by atoms with Crippen molar-refractivity contribution in [3.8, 4) is 0 Å². The van der Waals surface area contributed by atoms with Gasteiger partial charge in [-0.3, -0.25) is 0 Å². The van der Waals surface area contributed by atoms with Crippen LogP contribution in [-0.2, 0) is 13.1 Å². The number of halogens is 1. The van der Waals surface area contributed by atoms with E-state index >= 15 is 0 Å². The smallest absolute Gasteiger partial charge is 0.0642 e. The van der Waals surface area contributed by atoms with Crippen LogP contribution in [0.3, 0.4) is 0 Å². The summed E-state index contributed by atoms with van der Waals surface area (Å²) in [5, 5.41) is 4.00. The van der Waals surface area contributed by atoms with Crippen molar-refractivity contribution in [2.45, 2.75) is 20.0 Å². The van der Waals surface area contributed by atoms with Crippen LogP contribution < -0.4 is 10.2 Å². The maximum absolute atomic E-state index is 6.40. The van der Waals surface area contributed by atoms with Gasteiger partial charge in [-0.25, -0.2) is 0 Å². The predicted octanol–water partition coefficient (Wildman–Crippen LogP) is 4.00. The molecule has 0 spiro atoms. The third-order valence-corrected chi connectivity index (χ3v) is 3.79. The van der Waals surface area contributed by atoms with E-state index in [2.05, 4.69) is 54.5 Å². The van der Waals surface area contributed by atoms with Crippen LogP contribution >= 0.6 is 11.6 Å². The molecule has 0 unspecified atom stereocenters. The number of para-hydroxylation sites is 1. The van der Waals surface area contributed by atoms with Gasteiger partial charge in [-0.05, 0) is 36.7 Å². The monoisotopic (exact) mass is 288 g/mol. The minimum absolute atomic E-state index is 0.800. The fraction of sp³-hybridized carbons (Fsp3) is 0.294. The van der Waals surface area contributed by atoms with Crippen molar-refractivity contribution in [1.82, 2.24) is 5.32 Å². The van der Waals surface area contributed by atoms with Gasteiger partial charge in [0, 0.05) is 20.1 Å². The Morgan fingerprint density at radius 1 is 1.05 bits per heavy atom. The Morgan fingerprint density at radius 2 is 1.75 bits per heavy atom. The summed E-state index contributed by atoms with van der Waals surface area (Å²) in [5.41, 5.74) is 4.95. The molecule has 3 heteroatoms. The summed E-state index contributed by atoms with van der Waals surface area (Å²) in [6.07, 6.45) is 0. The molecule has 0 saturated heterocycles. The Balaban J connectivity index is 2.29. The lowest BCUT2D eigenvalue weighted by Gasteiger charge is -2.24. The van der Waals surface area contributed by atoms with Crippen molar-refractivity contribution in [2.24, 2.45) is 0 Å². The van der Waals surface area contributed by atoms with E-state index in [-0.39, 0.29) is 0 Å². The van der Waals surface area contributed by atoms with Gasteiger partial charge in [0.15, 0.2) is 0 Å². The molecule has 0 amide bonds. The van der Waals surface area contributed by atoms with Gasteiger partial charge in [0.25, 0.3) is 0 Å². The molecule has 20 heavy (non-hydrogen) atoms. The Hall–Kier alpha value is -1.51. The first-order valence-electron chi connectivity index (χ1n) is 6.81. The Kier molecular flexibility index (Phi) is 5.05. The van der Waals surface area contributed by atoms with Gasteiger partial charge in [0.1, 0.15) is 0 Å². The molecule has 0 aliphatic carbocycles. The van der Waals surface area contributed by atoms with Crippen molar-refractivity contribution in [1.29, 1.82) is 0 Å². The highest BCUT2D eigenvalue weighted by molar-refractivity contribution is 6.33. The van der Waals surface area contributed by atoms with E-state index in [4.69, 9.17) is 11.6 Å². The second-order valence-corrected chi connectivity index (χ2v) is 5.47. The highest BCUT2D eigenvalue weighted by atomic mass is 35.5. The van der Waals surface area contributed by atoms with Crippen LogP contribution in [0.5, 0.6) is 0 Å². The topological polar surface area (TPSA) is 15.3 Å². The zero-order valence-corrected chi connectivity index (χ0v) is 13.0. The van der Waals surface area contributed by atoms with Gasteiger partial charge in [-0.15, -0.1) is 0 Å². The van der Waals surface area contributed by atoms with Crippen LogP contribution in [0.4, 0.5) is 5.69 Å². The highest BCUT2D eigenvalue weighted by Crippen LogP contribution is 2.30. The normalized spacial score (nSPS) is 10.6. The van der Waals surface area contributed by atoms with E-state index in [0.717, 1.165) is 23.8 Å². The molecule has 0 aliphatic heterocycles. The van der Waals surface area contributed by atoms with Crippen LogP contribution in [0.1, 0.15) is 16.7 Å². The quantitative estimate of drug-likeness (QED) is 0.894. The summed E-state index contributed by atoms with van der Waals surface area (Å²) in [6, 6.07) is 14.5. The van der Waals surface area contributed by atoms with Crippen molar-refractivity contribution in [3.05, 3.63) is 64.2 Å². The largest absolute Gasteiger partial charge is 0.369 e. The van der Waals surface area contributed by atoms with E-state index in [1.807, 2.05) is 19.2 Å². The van der Waals surface area contributed by atoms with Crippen LogP contribution in [-0.4, -0.2) is 14.1 Å². The molecule has 2 rings (SSSR count). The third kappa shape index (κ3) is 3.33. The lowest BCUT2D eigenvalue weighted by Crippen LogP contribution is -2.20. The number of anilines is 1. The van der Waals surface area contributed by atoms with Crippen molar-refractivity contribution >= 4 is 17.3 Å². The van der Waals surface area contributed by atoms with Crippen molar-refractivity contribution in [3.63, 3.8) is 0 Å². The molecule has 2 aromatic carbocycles. The molecule has 0 heterocycles. The molecular weight excluding hydrogens is 268 g/mol. The molecule has 2 aromatic rings. The molecule has 0 aromatic heterocycles. The van der Waals surface area contributed by atoms with E-state index in [0.29, 0.717) is 0 Å². The highest BCUT2D eigenvalue weighted by Gasteiger charge is 2.12. The third-order valence-electron chi connectivity index (χ3n) is 3.49. The summed E-state index contributed by atoms with van der Waals surface area (Å²) >= 11 is 6.40. The summed E-state index contributed by atoms with van der Waals surface area (Å²) < 4.78 is 0. The summed E-state index contributed by atoms with van der Waals surface area (Å²) in [6.45, 7) is 3.81. The first-order valence-corrected chi connectivity index (χ1v) is 7.19. The second kappa shape index (κ2) is 6.78. The average molecular weight is 289 g/mol. The molecule has 2 nitrogen and oxygen atoms in total. The number of aryl methyl sites for hydroxylation is 1. The molecule has 0 saturated carbocycles. The fourth-order valence-corrected chi connectivity index (χ4v) is 2.78. The van der Waals surface area contributed by atoms with Gasteiger partial charge < -0.3 is 10.2 Å². The first-order chi connectivity index (χ1) is 9.63. The molecule has 0 radical (unpaired) electrons. The fourth-order valence-electron chi connectivity index (χ4n) is 2.44. The predicted molar refractivity (Wildman–Crippen MR) is 87.5 cm³/mol. The molecule has 0 atom stereocenters. The number of hydrogen-bond acceptors (Lipinski definition) is 2. The van der Waals surface area contributed by atoms with Gasteiger partial charge >= 0.3 is 0 Å². The zero-order valence-electron chi connectivity index (χ0n) is 12.3. The van der Waals surface area contributed by atoms with Crippen molar-refractivity contribution < 1.29 is 0 Å². The molecule has 0 bridgehead atoms. The number of hydrogen-bond donors (Lipinski definition) is 1. The summed E-state index contributed by atoms with van der Waals surface area (Å²) in [7, 11) is 4.04. The number of rotatable bonds is 5. The van der Waals surface area contributed by atoms with Gasteiger partial charge in [-0.1, -0.05) is 48.0 Å². The minimum Gasteiger partial charge on any atom is -0.369 e. The van der Waals surface area contributed by atoms with E-state index in [1.54, 1.807) is 0 Å². The Bertz CT molecular complexity index is 581. The average Bonchev–Trinajstić information content (AvgIpc) is 2.42. The van der Waals surface area contributed by atoms with Crippen molar-refractivity contribution in [2.75, 3.05) is 19.0 Å². The second-order valence-electron chi connectivity index (χ2n) is 5.06. The van der Waals surface area contributed by atoms with Gasteiger partial charge in [-0.2, -0.15) is 0 Å². The lowest BCUT2D eigenvalue weighted by molar-refractivity contribution is 0.805. The number of nitrogens with zero attached hydrogens (tertiary/aromatic N) is 1. The maximum Gasteiger partial charge on any atom is 0.0642 e. The molecular formula is C17H21ClN2. The summed E-state index contributed by atoms with van der Waals surface area (Å²) in [4.78, 5) is 2.22. The SMILES string of the molecule is CNCc1cccc(Cl)c1N(C)Cc1ccccc1C. The number of benzene rings is 2. The minimum atomic E-state index is 0.800. The lowest BCUT2D eigenvalue weighted by atomic mass is 10.1. The summed E-state index contributed by atoms with van der Waals surface area (Å²) in [5.74, 6) is 0. The maximum atomic E-state index is 6.40. The van der Waals surface area contributed by atoms with Crippen LogP contribution in [0.15, 0.2) is 42.5 Å². The first kappa shape index (κ1) is 14.9. The standard InChI is InChI=1S/C17H21ClN2/c1-13-7-4-5-8-15(13)12-20(3)17-14(11-19-2)9-6-10-16(17)18/h4-10,19H,11-12H2,1-3H3. The number of nitrogens with one attached hydrogen (secondary N) is 1. The van der Waals surface area contributed by atoms with Crippen LogP contribution in [0, 0.1) is 6.92 Å². The van der Waals surface area contributed by atoms with E-state index in [1.165, 1.54) is 16.7 Å². The van der Waals surface area contributed by atoms with Gasteiger partial charge in [0.2, 0.25) is 0 Å². The Morgan fingerprint density at radius 3 is 2.45 bits per heavy atom. The Labute approximate surface area is 126 Å².